The van der Waals surface area contributed by atoms with E-state index in [9.17, 15) is 9.90 Å². The molecule has 6 nitrogen and oxygen atoms in total. The van der Waals surface area contributed by atoms with Crippen LogP contribution in [0, 0.1) is 0 Å². The molecule has 8 heteroatoms. The molecule has 15 heavy (non-hydrogen) atoms. The van der Waals surface area contributed by atoms with Gasteiger partial charge in [-0.25, -0.2) is 4.98 Å². The molecule has 0 unspecified atom stereocenters. The molecule has 0 aromatic carbocycles. The number of aromatic nitrogens is 1. The van der Waals surface area contributed by atoms with Crippen LogP contribution in [0.4, 0.5) is 0 Å². The number of carboxylic acids is 1. The van der Waals surface area contributed by atoms with Crippen LogP contribution < -0.4 is 34.2 Å². The summed E-state index contributed by atoms with van der Waals surface area (Å²) in [5.74, 6) is -1.62. The number of aromatic carboxylic acids is 1. The number of ether oxygens (including phenoxy) is 1. The third kappa shape index (κ3) is 3.25. The van der Waals surface area contributed by atoms with Gasteiger partial charge in [-0.15, -0.1) is 0 Å². The summed E-state index contributed by atoms with van der Waals surface area (Å²) in [6.45, 7) is 0. The summed E-state index contributed by atoms with van der Waals surface area (Å²) in [6.07, 6.45) is 1.11. The third-order valence-electron chi connectivity index (χ3n) is 1.58. The van der Waals surface area contributed by atoms with Crippen molar-refractivity contribution in [2.24, 2.45) is 0 Å². The summed E-state index contributed by atoms with van der Waals surface area (Å²) in [5, 5.41) is 28.1. The van der Waals surface area contributed by atoms with Crippen molar-refractivity contribution in [2.45, 2.75) is 0 Å². The summed E-state index contributed by atoms with van der Waals surface area (Å²) in [6, 6.07) is 1.03. The van der Waals surface area contributed by atoms with E-state index >= 15 is 0 Å². The van der Waals surface area contributed by atoms with Gasteiger partial charge in [-0.3, -0.25) is 0 Å². The maximum absolute atomic E-state index is 10.6. The number of rotatable bonds is 3. The molecule has 0 saturated carbocycles. The average molecular weight is 203 g/mol. The summed E-state index contributed by atoms with van der Waals surface area (Å²) < 4.78 is 4.65. The quantitative estimate of drug-likeness (QED) is 0.474. The molecule has 0 fully saturated rings. The van der Waals surface area contributed by atoms with Crippen LogP contribution in [0.2, 0.25) is 0 Å². The van der Waals surface area contributed by atoms with Gasteiger partial charge in [0.25, 0.3) is 0 Å². The molecule has 0 atom stereocenters. The first-order chi connectivity index (χ1) is 6.56. The van der Waals surface area contributed by atoms with Crippen molar-refractivity contribution < 1.29 is 43.5 Å². The zero-order chi connectivity index (χ0) is 10.7. The summed E-state index contributed by atoms with van der Waals surface area (Å²) in [5.41, 5.74) is -0.358. The van der Waals surface area contributed by atoms with Crippen molar-refractivity contribution in [3.63, 3.8) is 0 Å². The monoisotopic (exact) mass is 203 g/mol. The molecule has 1 aromatic rings. The van der Waals surface area contributed by atoms with E-state index < -0.39 is 13.1 Å². The van der Waals surface area contributed by atoms with Crippen molar-refractivity contribution in [3.8, 4) is 5.88 Å². The number of hydrogen-bond acceptors (Lipinski definition) is 6. The van der Waals surface area contributed by atoms with Crippen molar-refractivity contribution >= 4 is 18.6 Å². The zero-order valence-electron chi connectivity index (χ0n) is 8.30. The summed E-state index contributed by atoms with van der Waals surface area (Å²) >= 11 is 0. The van der Waals surface area contributed by atoms with Crippen LogP contribution in [0.5, 0.6) is 5.88 Å². The number of carbonyl (C=O) groups is 1. The van der Waals surface area contributed by atoms with E-state index in [0.717, 1.165) is 12.3 Å². The molecule has 1 aromatic heterocycles. The second-order valence-corrected chi connectivity index (χ2v) is 2.49. The van der Waals surface area contributed by atoms with Crippen LogP contribution in [-0.2, 0) is 0 Å². The van der Waals surface area contributed by atoms with Crippen LogP contribution in [0.25, 0.3) is 0 Å². The fourth-order valence-electron chi connectivity index (χ4n) is 0.918. The predicted octanol–water partition coefficient (Wildman–Crippen LogP) is -5.86. The minimum Gasteiger partial charge on any atom is -0.545 e. The van der Waals surface area contributed by atoms with Gasteiger partial charge in [0.2, 0.25) is 5.88 Å². The predicted molar refractivity (Wildman–Crippen MR) is 44.9 cm³/mol. The van der Waals surface area contributed by atoms with Crippen molar-refractivity contribution in [1.82, 2.24) is 4.98 Å². The number of nitrogens with zero attached hydrogens (tertiary/aromatic N) is 1. The fraction of sp³-hybridized carbons (Fsp3) is 0.143. The van der Waals surface area contributed by atoms with Crippen LogP contribution in [0.3, 0.4) is 0 Å². The number of methoxy groups -OCH3 is 1. The van der Waals surface area contributed by atoms with E-state index in [-0.39, 0.29) is 35.8 Å². The molecule has 0 amide bonds. The fourth-order valence-corrected chi connectivity index (χ4v) is 0.918. The van der Waals surface area contributed by atoms with E-state index in [0.29, 0.717) is 0 Å². The van der Waals surface area contributed by atoms with E-state index in [1.807, 2.05) is 0 Å². The zero-order valence-corrected chi connectivity index (χ0v) is 8.30. The molecule has 0 bridgehead atoms. The number of hydrogen-bond donors (Lipinski definition) is 2. The Balaban J connectivity index is 0.00000196. The molecule has 0 aliphatic heterocycles. The standard InChI is InChI=1S/C7H8BNO5.Li/c1-14-6-5(7(10)11)2-4(3-9-6)8(12)13;/h2-3,12-13H,1H3,(H,10,11);/q;+1/p-1. The van der Waals surface area contributed by atoms with Crippen LogP contribution in [-0.4, -0.2) is 35.2 Å². The van der Waals surface area contributed by atoms with Crippen LogP contribution in [0.15, 0.2) is 12.3 Å². The molecule has 0 spiro atoms. The van der Waals surface area contributed by atoms with Gasteiger partial charge in [0, 0.05) is 11.7 Å². The molecule has 0 radical (unpaired) electrons. The van der Waals surface area contributed by atoms with E-state index in [1.165, 1.54) is 7.11 Å². The van der Waals surface area contributed by atoms with Crippen molar-refractivity contribution in [3.05, 3.63) is 17.8 Å². The number of pyridine rings is 1. The Labute approximate surface area is 98.2 Å². The van der Waals surface area contributed by atoms with Gasteiger partial charge >= 0.3 is 26.0 Å². The Morgan fingerprint density at radius 1 is 1.60 bits per heavy atom. The van der Waals surface area contributed by atoms with Crippen LogP contribution in [0.1, 0.15) is 10.4 Å². The van der Waals surface area contributed by atoms with Gasteiger partial charge < -0.3 is 24.7 Å². The molecule has 0 saturated heterocycles. The van der Waals surface area contributed by atoms with Gasteiger partial charge in [-0.2, -0.15) is 0 Å². The maximum Gasteiger partial charge on any atom is 1.00 e. The Bertz CT molecular complexity index is 359. The van der Waals surface area contributed by atoms with Gasteiger partial charge in [-0.1, -0.05) is 0 Å². The normalized spacial score (nSPS) is 9.00. The van der Waals surface area contributed by atoms with Gasteiger partial charge in [0.05, 0.1) is 18.6 Å². The summed E-state index contributed by atoms with van der Waals surface area (Å²) in [4.78, 5) is 14.1. The Hall–Kier alpha value is -0.998. The van der Waals surface area contributed by atoms with Crippen molar-refractivity contribution in [2.75, 3.05) is 7.11 Å². The molecule has 2 N–H and O–H groups in total. The van der Waals surface area contributed by atoms with Gasteiger partial charge in [-0.05, 0) is 6.07 Å². The molecule has 0 aliphatic rings. The second-order valence-electron chi connectivity index (χ2n) is 2.49. The molecule has 1 heterocycles. The minimum atomic E-state index is -1.77. The van der Waals surface area contributed by atoms with Gasteiger partial charge in [0.15, 0.2) is 0 Å². The first kappa shape index (κ1) is 14.0. The van der Waals surface area contributed by atoms with E-state index in [4.69, 9.17) is 10.0 Å². The number of carboxylic acid groups (broad SMARTS) is 1. The molecular weight excluding hydrogens is 196 g/mol. The average Bonchev–Trinajstić information content (AvgIpc) is 2.16. The first-order valence-electron chi connectivity index (χ1n) is 3.67. The largest absolute Gasteiger partial charge is 1.00 e. The molecular formula is C7H7BLiNO5. The molecule has 1 rings (SSSR count). The smallest absolute Gasteiger partial charge is 0.545 e. The summed E-state index contributed by atoms with van der Waals surface area (Å²) in [7, 11) is -0.518. The Morgan fingerprint density at radius 2 is 2.20 bits per heavy atom. The maximum atomic E-state index is 10.6. The Kier molecular flexibility index (Phi) is 5.40. The third-order valence-corrected chi connectivity index (χ3v) is 1.58. The van der Waals surface area contributed by atoms with E-state index in [1.54, 1.807) is 0 Å². The van der Waals surface area contributed by atoms with E-state index in [2.05, 4.69) is 9.72 Å². The Morgan fingerprint density at radius 3 is 2.60 bits per heavy atom. The molecule has 74 valence electrons. The van der Waals surface area contributed by atoms with Crippen molar-refractivity contribution in [1.29, 1.82) is 0 Å². The minimum absolute atomic E-state index is 0. The van der Waals surface area contributed by atoms with Gasteiger partial charge in [0.1, 0.15) is 0 Å². The van der Waals surface area contributed by atoms with Crippen LogP contribution >= 0.6 is 0 Å². The number of carbonyl (C=O) groups excluding carboxylic acids is 1. The topological polar surface area (TPSA) is 103 Å². The first-order valence-corrected chi connectivity index (χ1v) is 3.67. The second kappa shape index (κ2) is 5.78. The SMILES string of the molecule is COc1ncc(B(O)O)cc1C(=O)[O-].[Li+]. The molecule has 0 aliphatic carbocycles.